The Bertz CT molecular complexity index is 320. The van der Waals surface area contributed by atoms with Gasteiger partial charge in [0.15, 0.2) is 0 Å². The van der Waals surface area contributed by atoms with Crippen LogP contribution in [0.25, 0.3) is 0 Å². The van der Waals surface area contributed by atoms with Crippen molar-refractivity contribution in [2.24, 2.45) is 0 Å². The number of hydrogen-bond acceptors (Lipinski definition) is 5. The van der Waals surface area contributed by atoms with Crippen LogP contribution in [0.2, 0.25) is 0 Å². The molecule has 0 aliphatic rings. The lowest BCUT2D eigenvalue weighted by Gasteiger charge is -2.06. The Balaban J connectivity index is 2.58. The maximum Gasteiger partial charge on any atom is 0.223 e. The van der Waals surface area contributed by atoms with Crippen molar-refractivity contribution in [3.05, 3.63) is 11.8 Å². The molecule has 1 rings (SSSR count). The van der Waals surface area contributed by atoms with Crippen LogP contribution in [-0.4, -0.2) is 34.0 Å². The fourth-order valence-corrected chi connectivity index (χ4v) is 2.06. The maximum absolute atomic E-state index is 8.71. The number of aliphatic hydroxyl groups is 1. The molecular weight excluding hydrogens is 222 g/mol. The van der Waals surface area contributed by atoms with Gasteiger partial charge in [-0.2, -0.15) is 0 Å². The topological polar surface area (TPSA) is 58.0 Å². The number of aryl methyl sites for hydroxylation is 1. The van der Waals surface area contributed by atoms with Crippen LogP contribution in [0.15, 0.2) is 11.1 Å². The summed E-state index contributed by atoms with van der Waals surface area (Å²) in [5.74, 6) is 1.59. The molecule has 1 aromatic heterocycles. The zero-order chi connectivity index (χ0) is 11.8. The molecule has 5 heteroatoms. The summed E-state index contributed by atoms with van der Waals surface area (Å²) in [5.41, 5.74) is 0.972. The molecule has 0 aromatic carbocycles. The normalized spacial score (nSPS) is 10.4. The van der Waals surface area contributed by atoms with E-state index in [0.717, 1.165) is 35.9 Å². The molecule has 0 amide bonds. The first kappa shape index (κ1) is 13.3. The van der Waals surface area contributed by atoms with Crippen molar-refractivity contribution in [2.45, 2.75) is 31.7 Å². The first-order chi connectivity index (χ1) is 7.76. The summed E-state index contributed by atoms with van der Waals surface area (Å²) < 4.78 is 0. The number of nitrogens with one attached hydrogen (secondary N) is 1. The van der Waals surface area contributed by atoms with Gasteiger partial charge < -0.3 is 10.4 Å². The number of nitrogens with zero attached hydrogens (tertiary/aromatic N) is 2. The number of rotatable bonds is 7. The van der Waals surface area contributed by atoms with E-state index >= 15 is 0 Å². The molecule has 0 radical (unpaired) electrons. The van der Waals surface area contributed by atoms with E-state index in [2.05, 4.69) is 22.2 Å². The van der Waals surface area contributed by atoms with E-state index in [-0.39, 0.29) is 6.61 Å². The molecule has 0 fully saturated rings. The Morgan fingerprint density at radius 1 is 1.44 bits per heavy atom. The van der Waals surface area contributed by atoms with Crippen LogP contribution in [-0.2, 0) is 0 Å². The van der Waals surface area contributed by atoms with Gasteiger partial charge in [-0.1, -0.05) is 6.92 Å². The zero-order valence-electron chi connectivity index (χ0n) is 9.86. The standard InChI is InChI=1S/C11H19N3OS/c1-3-5-12-11-13-9(2)8-10(14-11)16-7-4-6-15/h8,15H,3-7H2,1-2H3,(H,12,13,14). The van der Waals surface area contributed by atoms with Crippen LogP contribution in [0, 0.1) is 6.92 Å². The van der Waals surface area contributed by atoms with Gasteiger partial charge in [0.05, 0.1) is 0 Å². The Morgan fingerprint density at radius 2 is 2.25 bits per heavy atom. The lowest BCUT2D eigenvalue weighted by molar-refractivity contribution is 0.296. The van der Waals surface area contributed by atoms with Gasteiger partial charge in [-0.05, 0) is 25.8 Å². The van der Waals surface area contributed by atoms with E-state index in [9.17, 15) is 0 Å². The first-order valence-corrected chi connectivity index (χ1v) is 6.58. The third-order valence-electron chi connectivity index (χ3n) is 1.92. The Hall–Kier alpha value is -0.810. The third-order valence-corrected chi connectivity index (χ3v) is 2.91. The number of hydrogen-bond donors (Lipinski definition) is 2. The molecule has 0 spiro atoms. The molecule has 4 nitrogen and oxygen atoms in total. The molecule has 1 aromatic rings. The highest BCUT2D eigenvalue weighted by molar-refractivity contribution is 7.99. The van der Waals surface area contributed by atoms with Crippen molar-refractivity contribution >= 4 is 17.7 Å². The first-order valence-electron chi connectivity index (χ1n) is 5.59. The van der Waals surface area contributed by atoms with Crippen LogP contribution in [0.4, 0.5) is 5.95 Å². The monoisotopic (exact) mass is 241 g/mol. The SMILES string of the molecule is CCCNc1nc(C)cc(SCCCO)n1. The maximum atomic E-state index is 8.71. The molecule has 0 bridgehead atoms. The van der Waals surface area contributed by atoms with E-state index in [1.807, 2.05) is 13.0 Å². The Kier molecular flexibility index (Phi) is 6.18. The van der Waals surface area contributed by atoms with Crippen molar-refractivity contribution in [2.75, 3.05) is 24.2 Å². The minimum Gasteiger partial charge on any atom is -0.396 e. The lowest BCUT2D eigenvalue weighted by atomic mass is 10.4. The van der Waals surface area contributed by atoms with Crippen LogP contribution in [0.1, 0.15) is 25.5 Å². The highest BCUT2D eigenvalue weighted by atomic mass is 32.2. The van der Waals surface area contributed by atoms with E-state index < -0.39 is 0 Å². The molecule has 2 N–H and O–H groups in total. The van der Waals surface area contributed by atoms with Gasteiger partial charge >= 0.3 is 0 Å². The number of aliphatic hydroxyl groups excluding tert-OH is 1. The van der Waals surface area contributed by atoms with Crippen molar-refractivity contribution in [1.29, 1.82) is 0 Å². The fraction of sp³-hybridized carbons (Fsp3) is 0.636. The average molecular weight is 241 g/mol. The minimum absolute atomic E-state index is 0.234. The summed E-state index contributed by atoms with van der Waals surface area (Å²) >= 11 is 1.66. The summed E-state index contributed by atoms with van der Waals surface area (Å²) in [4.78, 5) is 8.72. The van der Waals surface area contributed by atoms with Crippen molar-refractivity contribution in [3.8, 4) is 0 Å². The molecular formula is C11H19N3OS. The second kappa shape index (κ2) is 7.46. The predicted octanol–water partition coefficient (Wildman–Crippen LogP) is 2.08. The minimum atomic E-state index is 0.234. The molecule has 0 saturated heterocycles. The van der Waals surface area contributed by atoms with Crippen LogP contribution in [0.5, 0.6) is 0 Å². The molecule has 0 saturated carbocycles. The van der Waals surface area contributed by atoms with Gasteiger partial charge in [-0.3, -0.25) is 0 Å². The second-order valence-electron chi connectivity index (χ2n) is 3.52. The van der Waals surface area contributed by atoms with Gasteiger partial charge in [-0.15, -0.1) is 11.8 Å². The Morgan fingerprint density at radius 3 is 2.94 bits per heavy atom. The number of anilines is 1. The average Bonchev–Trinajstić information content (AvgIpc) is 2.26. The van der Waals surface area contributed by atoms with Crippen LogP contribution >= 0.6 is 11.8 Å². The highest BCUT2D eigenvalue weighted by Crippen LogP contribution is 2.18. The second-order valence-corrected chi connectivity index (χ2v) is 4.64. The predicted molar refractivity (Wildman–Crippen MR) is 68.0 cm³/mol. The van der Waals surface area contributed by atoms with E-state index in [1.165, 1.54) is 0 Å². The molecule has 90 valence electrons. The Labute approximate surface area is 101 Å². The van der Waals surface area contributed by atoms with Crippen molar-refractivity contribution < 1.29 is 5.11 Å². The van der Waals surface area contributed by atoms with Crippen LogP contribution < -0.4 is 5.32 Å². The van der Waals surface area contributed by atoms with E-state index in [1.54, 1.807) is 11.8 Å². The van der Waals surface area contributed by atoms with Gasteiger partial charge in [0.2, 0.25) is 5.95 Å². The molecule has 0 unspecified atom stereocenters. The van der Waals surface area contributed by atoms with E-state index in [0.29, 0.717) is 5.95 Å². The summed E-state index contributed by atoms with van der Waals surface area (Å²) in [6.45, 7) is 5.21. The number of thioether (sulfide) groups is 1. The van der Waals surface area contributed by atoms with Crippen LogP contribution in [0.3, 0.4) is 0 Å². The molecule has 1 heterocycles. The van der Waals surface area contributed by atoms with E-state index in [4.69, 9.17) is 5.11 Å². The molecule has 16 heavy (non-hydrogen) atoms. The largest absolute Gasteiger partial charge is 0.396 e. The zero-order valence-corrected chi connectivity index (χ0v) is 10.7. The van der Waals surface area contributed by atoms with Gasteiger partial charge in [0.1, 0.15) is 5.03 Å². The quantitative estimate of drug-likeness (QED) is 0.435. The molecule has 0 atom stereocenters. The summed E-state index contributed by atoms with van der Waals surface area (Å²) in [6, 6.07) is 1.97. The smallest absolute Gasteiger partial charge is 0.223 e. The highest BCUT2D eigenvalue weighted by Gasteiger charge is 2.02. The molecule has 0 aliphatic carbocycles. The summed E-state index contributed by atoms with van der Waals surface area (Å²) in [5, 5.41) is 12.9. The summed E-state index contributed by atoms with van der Waals surface area (Å²) in [7, 11) is 0. The number of aromatic nitrogens is 2. The van der Waals surface area contributed by atoms with Crippen molar-refractivity contribution in [3.63, 3.8) is 0 Å². The lowest BCUT2D eigenvalue weighted by Crippen LogP contribution is -2.05. The molecule has 0 aliphatic heterocycles. The summed E-state index contributed by atoms with van der Waals surface area (Å²) in [6.07, 6.45) is 1.86. The van der Waals surface area contributed by atoms with Crippen molar-refractivity contribution in [1.82, 2.24) is 9.97 Å². The fourth-order valence-electron chi connectivity index (χ4n) is 1.17. The van der Waals surface area contributed by atoms with Gasteiger partial charge in [0, 0.05) is 24.6 Å². The van der Waals surface area contributed by atoms with Gasteiger partial charge in [0.25, 0.3) is 0 Å². The van der Waals surface area contributed by atoms with Gasteiger partial charge in [-0.25, -0.2) is 9.97 Å². The third kappa shape index (κ3) is 4.81.